The summed E-state index contributed by atoms with van der Waals surface area (Å²) in [5.41, 5.74) is 0.117. The molecule has 1 heterocycles. The molecule has 0 aromatic heterocycles. The molecule has 0 aliphatic carbocycles. The Bertz CT molecular complexity index is 301. The van der Waals surface area contributed by atoms with Crippen LogP contribution in [0.4, 0.5) is 0 Å². The van der Waals surface area contributed by atoms with Crippen molar-refractivity contribution in [3.8, 4) is 11.8 Å². The Balaban J connectivity index is 2.85. The van der Waals surface area contributed by atoms with Gasteiger partial charge < -0.3 is 0 Å². The fourth-order valence-corrected chi connectivity index (χ4v) is 2.05. The molecule has 0 saturated heterocycles. The maximum absolute atomic E-state index is 4.56. The molecule has 2 unspecified atom stereocenters. The molecule has 0 spiro atoms. The summed E-state index contributed by atoms with van der Waals surface area (Å²) in [6.45, 7) is 8.58. The van der Waals surface area contributed by atoms with Gasteiger partial charge in [-0.2, -0.15) is 0 Å². The van der Waals surface area contributed by atoms with Crippen molar-refractivity contribution in [1.82, 2.24) is 0 Å². The molecule has 2 atom stereocenters. The molecule has 0 fully saturated rings. The molecule has 14 heavy (non-hydrogen) atoms. The van der Waals surface area contributed by atoms with Crippen LogP contribution < -0.4 is 0 Å². The summed E-state index contributed by atoms with van der Waals surface area (Å²) in [6.07, 6.45) is 7.09. The van der Waals surface area contributed by atoms with Gasteiger partial charge in [-0.15, -0.1) is 11.8 Å². The van der Waals surface area contributed by atoms with Crippen molar-refractivity contribution in [2.75, 3.05) is 0 Å². The van der Waals surface area contributed by atoms with E-state index in [0.29, 0.717) is 12.0 Å². The standard InChI is InChI=1S/C13H19N/c1-5-6-8-13(4)9-7-10-14-12(13)11(2)3/h7,9-12H,8H2,1-4H3. The van der Waals surface area contributed by atoms with Gasteiger partial charge in [-0.3, -0.25) is 4.99 Å². The zero-order valence-electron chi connectivity index (χ0n) is 9.54. The summed E-state index contributed by atoms with van der Waals surface area (Å²) >= 11 is 0. The number of nitrogens with zero attached hydrogens (tertiary/aromatic N) is 1. The fraction of sp³-hybridized carbons (Fsp3) is 0.615. The third-order valence-corrected chi connectivity index (χ3v) is 2.76. The number of dihydropyridines is 1. The lowest BCUT2D eigenvalue weighted by molar-refractivity contribution is 0.278. The largest absolute Gasteiger partial charge is 0.289 e. The monoisotopic (exact) mass is 189 g/mol. The minimum absolute atomic E-state index is 0.117. The first-order valence-electron chi connectivity index (χ1n) is 5.21. The van der Waals surface area contributed by atoms with E-state index in [4.69, 9.17) is 0 Å². The van der Waals surface area contributed by atoms with E-state index in [1.54, 1.807) is 0 Å². The molecule has 0 aromatic carbocycles. The Labute approximate surface area is 87.3 Å². The first-order chi connectivity index (χ1) is 6.60. The second kappa shape index (κ2) is 4.46. The lowest BCUT2D eigenvalue weighted by Gasteiger charge is -2.35. The van der Waals surface area contributed by atoms with E-state index in [-0.39, 0.29) is 5.41 Å². The molecule has 1 rings (SSSR count). The third-order valence-electron chi connectivity index (χ3n) is 2.76. The molecule has 0 radical (unpaired) electrons. The Morgan fingerprint density at radius 1 is 1.50 bits per heavy atom. The van der Waals surface area contributed by atoms with E-state index in [1.165, 1.54) is 0 Å². The number of aliphatic imine (C=N–C) groups is 1. The predicted molar refractivity (Wildman–Crippen MR) is 62.4 cm³/mol. The minimum atomic E-state index is 0.117. The number of hydrogen-bond acceptors (Lipinski definition) is 1. The van der Waals surface area contributed by atoms with E-state index < -0.39 is 0 Å². The Morgan fingerprint density at radius 3 is 2.79 bits per heavy atom. The highest BCUT2D eigenvalue weighted by atomic mass is 14.8. The van der Waals surface area contributed by atoms with Gasteiger partial charge in [0.05, 0.1) is 6.04 Å². The molecule has 1 aliphatic heterocycles. The fourth-order valence-electron chi connectivity index (χ4n) is 2.05. The molecule has 0 saturated carbocycles. The van der Waals surface area contributed by atoms with Crippen LogP contribution >= 0.6 is 0 Å². The molecule has 1 nitrogen and oxygen atoms in total. The first-order valence-corrected chi connectivity index (χ1v) is 5.21. The smallest absolute Gasteiger partial charge is 0.0619 e. The second-order valence-electron chi connectivity index (χ2n) is 4.46. The van der Waals surface area contributed by atoms with Gasteiger partial charge >= 0.3 is 0 Å². The summed E-state index contributed by atoms with van der Waals surface area (Å²) in [5.74, 6) is 6.70. The van der Waals surface area contributed by atoms with Crippen molar-refractivity contribution in [3.05, 3.63) is 12.2 Å². The van der Waals surface area contributed by atoms with Crippen LogP contribution in [0.25, 0.3) is 0 Å². The van der Waals surface area contributed by atoms with Crippen molar-refractivity contribution >= 4 is 6.21 Å². The summed E-state index contributed by atoms with van der Waals surface area (Å²) in [4.78, 5) is 4.56. The van der Waals surface area contributed by atoms with Gasteiger partial charge in [0, 0.05) is 18.1 Å². The number of hydrogen-bond donors (Lipinski definition) is 0. The van der Waals surface area contributed by atoms with Crippen LogP contribution in [-0.2, 0) is 0 Å². The summed E-state index contributed by atoms with van der Waals surface area (Å²) < 4.78 is 0. The molecular weight excluding hydrogens is 170 g/mol. The van der Waals surface area contributed by atoms with Crippen LogP contribution in [-0.4, -0.2) is 12.3 Å². The SMILES string of the molecule is CC#CCC1(C)C=CC=NC1C(C)C. The average molecular weight is 189 g/mol. The lowest BCUT2D eigenvalue weighted by atomic mass is 9.73. The van der Waals surface area contributed by atoms with Gasteiger partial charge in [-0.25, -0.2) is 0 Å². The summed E-state index contributed by atoms with van der Waals surface area (Å²) in [7, 11) is 0. The zero-order chi connectivity index (χ0) is 10.6. The van der Waals surface area contributed by atoms with Gasteiger partial charge in [0.25, 0.3) is 0 Å². The maximum Gasteiger partial charge on any atom is 0.0619 e. The van der Waals surface area contributed by atoms with Crippen LogP contribution in [0.2, 0.25) is 0 Å². The van der Waals surface area contributed by atoms with Crippen molar-refractivity contribution in [1.29, 1.82) is 0 Å². The number of allylic oxidation sites excluding steroid dienone is 1. The molecule has 76 valence electrons. The highest BCUT2D eigenvalue weighted by Crippen LogP contribution is 2.35. The highest BCUT2D eigenvalue weighted by molar-refractivity contribution is 5.72. The van der Waals surface area contributed by atoms with Crippen LogP contribution in [0.15, 0.2) is 17.1 Å². The lowest BCUT2D eigenvalue weighted by Crippen LogP contribution is -2.34. The minimum Gasteiger partial charge on any atom is -0.289 e. The molecule has 0 bridgehead atoms. The molecule has 1 heteroatoms. The molecular formula is C13H19N. The molecule has 1 aliphatic rings. The quantitative estimate of drug-likeness (QED) is 0.592. The summed E-state index contributed by atoms with van der Waals surface area (Å²) in [6, 6.07) is 0.369. The average Bonchev–Trinajstić information content (AvgIpc) is 2.15. The Hall–Kier alpha value is -1.03. The van der Waals surface area contributed by atoms with E-state index >= 15 is 0 Å². The normalized spacial score (nSPS) is 30.2. The van der Waals surface area contributed by atoms with Crippen LogP contribution in [0.1, 0.15) is 34.1 Å². The topological polar surface area (TPSA) is 12.4 Å². The first kappa shape index (κ1) is 11.0. The maximum atomic E-state index is 4.56. The van der Waals surface area contributed by atoms with Crippen LogP contribution in [0.5, 0.6) is 0 Å². The van der Waals surface area contributed by atoms with Crippen molar-refractivity contribution in [2.24, 2.45) is 16.3 Å². The highest BCUT2D eigenvalue weighted by Gasteiger charge is 2.33. The molecule has 0 aromatic rings. The van der Waals surface area contributed by atoms with E-state index in [0.717, 1.165) is 6.42 Å². The third kappa shape index (κ3) is 2.26. The van der Waals surface area contributed by atoms with Gasteiger partial charge in [0.15, 0.2) is 0 Å². The van der Waals surface area contributed by atoms with E-state index in [1.807, 2.05) is 19.2 Å². The zero-order valence-corrected chi connectivity index (χ0v) is 9.54. The van der Waals surface area contributed by atoms with E-state index in [2.05, 4.69) is 43.7 Å². The van der Waals surface area contributed by atoms with Crippen molar-refractivity contribution in [2.45, 2.75) is 40.2 Å². The summed E-state index contributed by atoms with van der Waals surface area (Å²) in [5, 5.41) is 0. The van der Waals surface area contributed by atoms with Crippen LogP contribution in [0.3, 0.4) is 0 Å². The molecule has 0 N–H and O–H groups in total. The Morgan fingerprint density at radius 2 is 2.21 bits per heavy atom. The van der Waals surface area contributed by atoms with Gasteiger partial charge in [-0.05, 0) is 18.9 Å². The Kier molecular flexibility index (Phi) is 3.52. The van der Waals surface area contributed by atoms with Crippen molar-refractivity contribution < 1.29 is 0 Å². The number of rotatable bonds is 2. The predicted octanol–water partition coefficient (Wildman–Crippen LogP) is 3.07. The van der Waals surface area contributed by atoms with E-state index in [9.17, 15) is 0 Å². The van der Waals surface area contributed by atoms with Gasteiger partial charge in [-0.1, -0.05) is 26.8 Å². The van der Waals surface area contributed by atoms with Gasteiger partial charge in [0.2, 0.25) is 0 Å². The van der Waals surface area contributed by atoms with Crippen LogP contribution in [0, 0.1) is 23.2 Å². The second-order valence-corrected chi connectivity index (χ2v) is 4.46. The van der Waals surface area contributed by atoms with Gasteiger partial charge in [0.1, 0.15) is 0 Å². The van der Waals surface area contributed by atoms with Crippen molar-refractivity contribution in [3.63, 3.8) is 0 Å². The molecule has 0 amide bonds.